The lowest BCUT2D eigenvalue weighted by Gasteiger charge is -2.26. The van der Waals surface area contributed by atoms with Crippen molar-refractivity contribution in [2.24, 2.45) is 59.2 Å². The Morgan fingerprint density at radius 2 is 0.652 bits per heavy atom. The lowest BCUT2D eigenvalue weighted by atomic mass is 9.80. The fourth-order valence-corrected chi connectivity index (χ4v) is 11.2. The summed E-state index contributed by atoms with van der Waals surface area (Å²) >= 11 is 0. The zero-order valence-electron chi connectivity index (χ0n) is 68.8. The van der Waals surface area contributed by atoms with Crippen LogP contribution in [0.15, 0.2) is 72.9 Å². The molecular weight excluding hydrogens is 1110 g/mol. The van der Waals surface area contributed by atoms with Crippen LogP contribution in [0.4, 0.5) is 0 Å². The molecule has 92 heavy (non-hydrogen) atoms. The van der Waals surface area contributed by atoms with Crippen molar-refractivity contribution in [2.45, 2.75) is 461 Å². The normalized spacial score (nSPS) is 13.4. The molecule has 0 aromatic heterocycles. The average Bonchev–Trinajstić information content (AvgIpc) is 3.38. The molecule has 0 saturated heterocycles. The largest absolute Gasteiger partial charge is 0.100 e. The van der Waals surface area contributed by atoms with E-state index in [1.807, 2.05) is 0 Å². The Balaban J connectivity index is -0.000000265. The molecule has 0 aromatic carbocycles. The smallest absolute Gasteiger partial charge is 0.0292 e. The Bertz CT molecular complexity index is 1420. The highest BCUT2D eigenvalue weighted by Crippen LogP contribution is 2.32. The number of hydrogen-bond donors (Lipinski definition) is 0. The summed E-state index contributed by atoms with van der Waals surface area (Å²) in [5, 5.41) is 0. The maximum atomic E-state index is 4.44. The Kier molecular flexibility index (Phi) is 92.3. The highest BCUT2D eigenvalue weighted by atomic mass is 14.2. The highest BCUT2D eigenvalue weighted by Gasteiger charge is 2.19. The van der Waals surface area contributed by atoms with Gasteiger partial charge in [-0.1, -0.05) is 384 Å². The molecule has 0 radical (unpaired) electrons. The number of rotatable bonds is 58. The molecular formula is C92H184. The number of unbranched alkanes of at least 4 members (excludes halogenated alkanes) is 22. The monoisotopic (exact) mass is 1290 g/mol. The van der Waals surface area contributed by atoms with Gasteiger partial charge in [0, 0.05) is 0 Å². The van der Waals surface area contributed by atoms with Gasteiger partial charge in [-0.25, -0.2) is 0 Å². The molecule has 6 atom stereocenters. The predicted octanol–water partition coefficient (Wildman–Crippen LogP) is 34.6. The molecule has 0 rings (SSSR count). The molecule has 0 spiro atoms. The fourth-order valence-electron chi connectivity index (χ4n) is 11.2. The van der Waals surface area contributed by atoms with E-state index in [0.717, 1.165) is 59.2 Å². The van der Waals surface area contributed by atoms with Crippen molar-refractivity contribution < 1.29 is 0 Å². The van der Waals surface area contributed by atoms with Gasteiger partial charge >= 0.3 is 0 Å². The summed E-state index contributed by atoms with van der Waals surface area (Å²) in [6, 6.07) is 0. The van der Waals surface area contributed by atoms with Crippen LogP contribution in [0.2, 0.25) is 0 Å². The Morgan fingerprint density at radius 1 is 0.293 bits per heavy atom. The second kappa shape index (κ2) is 83.7. The lowest BCUT2D eigenvalue weighted by molar-refractivity contribution is 0.289. The van der Waals surface area contributed by atoms with Crippen LogP contribution in [0, 0.1) is 59.2 Å². The average molecular weight is 1290 g/mol. The third kappa shape index (κ3) is 99.5. The van der Waals surface area contributed by atoms with E-state index in [1.54, 1.807) is 0 Å². The number of allylic oxidation sites excluding steroid dienone is 9. The molecule has 0 saturated carbocycles. The van der Waals surface area contributed by atoms with Gasteiger partial charge in [0.2, 0.25) is 0 Å². The van der Waals surface area contributed by atoms with Crippen LogP contribution in [0.3, 0.4) is 0 Å². The summed E-state index contributed by atoms with van der Waals surface area (Å²) in [6.45, 7) is 62.8. The zero-order valence-corrected chi connectivity index (χ0v) is 68.8. The molecule has 0 bridgehead atoms. The van der Waals surface area contributed by atoms with E-state index in [9.17, 15) is 0 Å². The first-order valence-corrected chi connectivity index (χ1v) is 41.9. The molecule has 0 amide bonds. The third-order valence-corrected chi connectivity index (χ3v) is 19.2. The van der Waals surface area contributed by atoms with Gasteiger partial charge in [-0.15, -0.1) is 13.2 Å². The number of hydrogen-bond acceptors (Lipinski definition) is 0. The van der Waals surface area contributed by atoms with E-state index >= 15 is 0 Å². The van der Waals surface area contributed by atoms with E-state index < -0.39 is 0 Å². The molecule has 0 aliphatic heterocycles. The summed E-state index contributed by atoms with van der Waals surface area (Å²) < 4.78 is 0. The molecule has 0 heteroatoms. The molecule has 0 aliphatic rings. The van der Waals surface area contributed by atoms with E-state index in [4.69, 9.17) is 0 Å². The minimum Gasteiger partial charge on any atom is -0.100 e. The molecule has 6 unspecified atom stereocenters. The van der Waals surface area contributed by atoms with E-state index in [2.05, 4.69) is 209 Å². The maximum absolute atomic E-state index is 4.44. The van der Waals surface area contributed by atoms with Gasteiger partial charge in [0.05, 0.1) is 0 Å². The van der Waals surface area contributed by atoms with Gasteiger partial charge in [-0.2, -0.15) is 0 Å². The molecule has 0 fully saturated rings. The SMILES string of the molecule is C=C(C)CCCCCC/C=C/CC(C)CC.C=C(C)CCCCCC/C=C/CC(C)CC.C=C(CCC(C)C)CC(CCC/C=C/CCCCCCC(C)C)C(C)CCC(C)C.CCCC.CCCC.CCCCC(C)CC(CC)CCCCCCCCCC(C)C. The summed E-state index contributed by atoms with van der Waals surface area (Å²) in [5.74, 6) is 8.70. The van der Waals surface area contributed by atoms with Gasteiger partial charge in [0.1, 0.15) is 0 Å². The van der Waals surface area contributed by atoms with Crippen LogP contribution in [0.5, 0.6) is 0 Å². The van der Waals surface area contributed by atoms with Crippen molar-refractivity contribution in [1.82, 2.24) is 0 Å². The van der Waals surface area contributed by atoms with Crippen molar-refractivity contribution in [2.75, 3.05) is 0 Å². The van der Waals surface area contributed by atoms with Gasteiger partial charge < -0.3 is 0 Å². The van der Waals surface area contributed by atoms with Crippen molar-refractivity contribution >= 4 is 0 Å². The first-order valence-electron chi connectivity index (χ1n) is 41.9. The van der Waals surface area contributed by atoms with Crippen molar-refractivity contribution in [3.63, 3.8) is 0 Å². The predicted molar refractivity (Wildman–Crippen MR) is 436 cm³/mol. The van der Waals surface area contributed by atoms with Gasteiger partial charge in [-0.3, -0.25) is 0 Å². The van der Waals surface area contributed by atoms with Crippen LogP contribution < -0.4 is 0 Å². The van der Waals surface area contributed by atoms with E-state index in [0.29, 0.717) is 0 Å². The summed E-state index contributed by atoms with van der Waals surface area (Å²) in [6.07, 6.45) is 79.7. The van der Waals surface area contributed by atoms with Crippen molar-refractivity contribution in [1.29, 1.82) is 0 Å². The van der Waals surface area contributed by atoms with Crippen LogP contribution >= 0.6 is 0 Å². The molecule has 552 valence electrons. The van der Waals surface area contributed by atoms with E-state index in [-0.39, 0.29) is 0 Å². The van der Waals surface area contributed by atoms with E-state index in [1.165, 1.54) is 325 Å². The molecule has 0 N–H and O–H groups in total. The van der Waals surface area contributed by atoms with Crippen LogP contribution in [-0.2, 0) is 0 Å². The second-order valence-corrected chi connectivity index (χ2v) is 31.8. The summed E-state index contributed by atoms with van der Waals surface area (Å²) in [5.41, 5.74) is 4.15. The summed E-state index contributed by atoms with van der Waals surface area (Å²) in [4.78, 5) is 0. The Morgan fingerprint density at radius 3 is 1.01 bits per heavy atom. The van der Waals surface area contributed by atoms with Crippen LogP contribution in [0.1, 0.15) is 461 Å². The van der Waals surface area contributed by atoms with Crippen LogP contribution in [0.25, 0.3) is 0 Å². The quantitative estimate of drug-likeness (QED) is 0.0421. The fraction of sp³-hybridized carbons (Fsp3) is 0.870. The summed E-state index contributed by atoms with van der Waals surface area (Å²) in [7, 11) is 0. The Labute approximate surface area is 589 Å². The standard InChI is InChI=1S/C30H58.C22H46.2C16H30.2C4H10/c1-25(2)18-16-14-12-10-9-11-13-15-17-19-30(29(8)23-21-27(5)6)24-28(7)22-20-26(3)4;1-6-8-17-21(5)19-22(7-2)18-15-13-11-9-10-12-14-16-20(3)4;2*1-5-16(4)14-12-10-8-6-7-9-11-13-15(2)3;2*1-3-4-2/h11,13,25-27,29-30H,7,9-10,12,14-24H2,1-6,8H3;20-22H,6-19H2,1-5H3;2*10,12,16H,2,5-9,11,13-14H2,1,3-4H3;2*3-4H2,1-2H3/b13-11+;;2*12-10+;;. The molecule has 0 heterocycles. The lowest BCUT2D eigenvalue weighted by Crippen LogP contribution is -2.14. The molecule has 0 nitrogen and oxygen atoms in total. The van der Waals surface area contributed by atoms with Crippen molar-refractivity contribution in [3.8, 4) is 0 Å². The minimum absolute atomic E-state index is 0.791. The zero-order chi connectivity index (χ0) is 70.7. The topological polar surface area (TPSA) is 0 Å². The highest BCUT2D eigenvalue weighted by molar-refractivity contribution is 4.97. The third-order valence-electron chi connectivity index (χ3n) is 19.2. The molecule has 0 aliphatic carbocycles. The first kappa shape index (κ1) is 101. The van der Waals surface area contributed by atoms with Crippen LogP contribution in [-0.4, -0.2) is 0 Å². The minimum atomic E-state index is 0.791. The second-order valence-electron chi connectivity index (χ2n) is 31.8. The molecule has 0 aromatic rings. The first-order chi connectivity index (χ1) is 44.0. The van der Waals surface area contributed by atoms with Gasteiger partial charge in [0.15, 0.2) is 0 Å². The van der Waals surface area contributed by atoms with Crippen molar-refractivity contribution in [3.05, 3.63) is 72.9 Å². The maximum Gasteiger partial charge on any atom is -0.0292 e. The van der Waals surface area contributed by atoms with Gasteiger partial charge in [0.25, 0.3) is 0 Å². The Hall–Kier alpha value is -1.56. The van der Waals surface area contributed by atoms with Gasteiger partial charge in [-0.05, 0) is 195 Å².